The van der Waals surface area contributed by atoms with Crippen LogP contribution in [0, 0.1) is 0 Å². The van der Waals surface area contributed by atoms with Crippen molar-refractivity contribution in [2.24, 2.45) is 7.05 Å². The molecule has 7 heteroatoms. The number of rotatable bonds is 2. The Kier molecular flexibility index (Phi) is 3.71. The van der Waals surface area contributed by atoms with Crippen molar-refractivity contribution >= 4 is 42.9 Å². The molecule has 21 heavy (non-hydrogen) atoms. The fourth-order valence-corrected chi connectivity index (χ4v) is 3.15. The summed E-state index contributed by atoms with van der Waals surface area (Å²) < 4.78 is 3.74. The molecule has 0 aliphatic heterocycles. The number of aryl methyl sites for hydroxylation is 1. The van der Waals surface area contributed by atoms with Gasteiger partial charge in [0.15, 0.2) is 5.65 Å². The van der Waals surface area contributed by atoms with E-state index < -0.39 is 0 Å². The molecule has 0 bridgehead atoms. The summed E-state index contributed by atoms with van der Waals surface area (Å²) in [6, 6.07) is 9.48. The second-order valence-corrected chi connectivity index (χ2v) is 6.80. The van der Waals surface area contributed by atoms with Gasteiger partial charge < -0.3 is 0 Å². The Bertz CT molecular complexity index is 868. The molecule has 0 saturated heterocycles. The lowest BCUT2D eigenvalue weighted by molar-refractivity contribution is 0.762. The zero-order chi connectivity index (χ0) is 15.1. The van der Waals surface area contributed by atoms with Gasteiger partial charge in [-0.3, -0.25) is 9.36 Å². The monoisotopic (exact) mass is 410 g/mol. The molecule has 5 nitrogen and oxygen atoms in total. The number of hydrogen-bond donors (Lipinski definition) is 0. The number of fused-ring (bicyclic) bond motifs is 1. The van der Waals surface area contributed by atoms with Gasteiger partial charge in [-0.2, -0.15) is 5.10 Å². The minimum Gasteiger partial charge on any atom is -0.268 e. The van der Waals surface area contributed by atoms with Gasteiger partial charge in [0.1, 0.15) is 15.8 Å². The minimum absolute atomic E-state index is 0.0662. The third kappa shape index (κ3) is 2.34. The standard InChI is InChI=1S/C14H12Br2N4O/c1-8(15)12-17-13-10(11(16)18-19(13)2)14(21)20(12)9-6-4-3-5-7-9/h3-8H,1-2H3. The number of halogens is 2. The van der Waals surface area contributed by atoms with Gasteiger partial charge in [0.2, 0.25) is 0 Å². The van der Waals surface area contributed by atoms with Crippen LogP contribution in [-0.2, 0) is 7.05 Å². The van der Waals surface area contributed by atoms with E-state index in [9.17, 15) is 4.79 Å². The van der Waals surface area contributed by atoms with Crippen LogP contribution in [0.25, 0.3) is 16.7 Å². The van der Waals surface area contributed by atoms with Gasteiger partial charge in [-0.1, -0.05) is 34.1 Å². The highest BCUT2D eigenvalue weighted by molar-refractivity contribution is 9.10. The van der Waals surface area contributed by atoms with Gasteiger partial charge in [0.05, 0.1) is 10.5 Å². The van der Waals surface area contributed by atoms with Gasteiger partial charge in [-0.25, -0.2) is 9.67 Å². The number of nitrogens with zero attached hydrogens (tertiary/aromatic N) is 4. The maximum atomic E-state index is 12.9. The molecule has 2 aromatic heterocycles. The first kappa shape index (κ1) is 14.5. The van der Waals surface area contributed by atoms with Gasteiger partial charge in [0, 0.05) is 7.05 Å². The number of benzene rings is 1. The number of aromatic nitrogens is 4. The van der Waals surface area contributed by atoms with Gasteiger partial charge in [-0.15, -0.1) is 0 Å². The lowest BCUT2D eigenvalue weighted by Crippen LogP contribution is -2.24. The molecule has 3 aromatic rings. The second kappa shape index (κ2) is 5.38. The third-order valence-electron chi connectivity index (χ3n) is 3.21. The van der Waals surface area contributed by atoms with E-state index in [1.165, 1.54) is 0 Å². The Morgan fingerprint density at radius 1 is 1.24 bits per heavy atom. The quantitative estimate of drug-likeness (QED) is 0.607. The predicted octanol–water partition coefficient (Wildman–Crippen LogP) is 3.34. The van der Waals surface area contributed by atoms with Crippen LogP contribution in [0.15, 0.2) is 39.7 Å². The minimum atomic E-state index is -0.132. The molecule has 1 unspecified atom stereocenters. The van der Waals surface area contributed by atoms with E-state index in [0.717, 1.165) is 5.69 Å². The van der Waals surface area contributed by atoms with Gasteiger partial charge in [-0.05, 0) is 35.0 Å². The Hall–Kier alpha value is -1.47. The summed E-state index contributed by atoms with van der Waals surface area (Å²) in [6.45, 7) is 1.94. The smallest absolute Gasteiger partial charge is 0.268 e. The molecule has 0 fully saturated rings. The van der Waals surface area contributed by atoms with Crippen LogP contribution < -0.4 is 5.56 Å². The molecule has 3 rings (SSSR count). The zero-order valence-corrected chi connectivity index (χ0v) is 14.6. The molecule has 2 heterocycles. The zero-order valence-electron chi connectivity index (χ0n) is 11.4. The van der Waals surface area contributed by atoms with Crippen LogP contribution in [0.2, 0.25) is 0 Å². The third-order valence-corrected chi connectivity index (χ3v) is 4.18. The van der Waals surface area contributed by atoms with E-state index in [4.69, 9.17) is 0 Å². The van der Waals surface area contributed by atoms with Crippen LogP contribution in [0.3, 0.4) is 0 Å². The molecule has 0 spiro atoms. The van der Waals surface area contributed by atoms with E-state index in [2.05, 4.69) is 41.9 Å². The second-order valence-electron chi connectivity index (χ2n) is 4.68. The topological polar surface area (TPSA) is 52.7 Å². The van der Waals surface area contributed by atoms with Crippen molar-refractivity contribution < 1.29 is 0 Å². The summed E-state index contributed by atoms with van der Waals surface area (Å²) in [5, 5.41) is 4.71. The average molecular weight is 412 g/mol. The van der Waals surface area contributed by atoms with Crippen molar-refractivity contribution in [2.45, 2.75) is 11.8 Å². The summed E-state index contributed by atoms with van der Waals surface area (Å²) >= 11 is 6.86. The average Bonchev–Trinajstić information content (AvgIpc) is 2.74. The SMILES string of the molecule is CC(Br)c1nc2c(c(Br)nn2C)c(=O)n1-c1ccccc1. The van der Waals surface area contributed by atoms with Crippen molar-refractivity contribution in [3.05, 3.63) is 51.1 Å². The Morgan fingerprint density at radius 2 is 1.90 bits per heavy atom. The normalized spacial score (nSPS) is 12.8. The molecule has 0 N–H and O–H groups in total. The first-order valence-corrected chi connectivity index (χ1v) is 8.06. The summed E-state index contributed by atoms with van der Waals surface area (Å²) in [5.74, 6) is 0.647. The highest BCUT2D eigenvalue weighted by Gasteiger charge is 2.20. The van der Waals surface area contributed by atoms with Crippen LogP contribution in [0.1, 0.15) is 17.6 Å². The number of alkyl halides is 1. The van der Waals surface area contributed by atoms with E-state index in [1.54, 1.807) is 16.3 Å². The van der Waals surface area contributed by atoms with Crippen LogP contribution >= 0.6 is 31.9 Å². The number of para-hydroxylation sites is 1. The molecule has 0 amide bonds. The predicted molar refractivity (Wildman–Crippen MR) is 89.1 cm³/mol. The van der Waals surface area contributed by atoms with Gasteiger partial charge in [0.25, 0.3) is 5.56 Å². The van der Waals surface area contributed by atoms with E-state index in [0.29, 0.717) is 21.5 Å². The Labute approximate surface area is 137 Å². The molecule has 0 aliphatic rings. The lowest BCUT2D eigenvalue weighted by atomic mass is 10.3. The summed E-state index contributed by atoms with van der Waals surface area (Å²) in [4.78, 5) is 17.5. The summed E-state index contributed by atoms with van der Waals surface area (Å²) in [7, 11) is 1.77. The van der Waals surface area contributed by atoms with Crippen molar-refractivity contribution in [2.75, 3.05) is 0 Å². The molecule has 1 atom stereocenters. The number of hydrogen-bond acceptors (Lipinski definition) is 3. The first-order valence-electron chi connectivity index (χ1n) is 6.35. The largest absolute Gasteiger partial charge is 0.270 e. The fraction of sp³-hybridized carbons (Fsp3) is 0.214. The Balaban J connectivity index is 2.48. The Morgan fingerprint density at radius 3 is 2.52 bits per heavy atom. The molecular weight excluding hydrogens is 400 g/mol. The molecular formula is C14H12Br2N4O. The van der Waals surface area contributed by atoms with E-state index in [1.807, 2.05) is 37.3 Å². The van der Waals surface area contributed by atoms with Crippen LogP contribution in [-0.4, -0.2) is 19.3 Å². The molecule has 0 saturated carbocycles. The molecule has 108 valence electrons. The summed E-state index contributed by atoms with van der Waals surface area (Å²) in [5.41, 5.74) is 1.22. The maximum absolute atomic E-state index is 12.9. The van der Waals surface area contributed by atoms with Crippen molar-refractivity contribution in [3.8, 4) is 5.69 Å². The molecule has 0 aliphatic carbocycles. The molecule has 0 radical (unpaired) electrons. The van der Waals surface area contributed by atoms with Crippen molar-refractivity contribution in [1.29, 1.82) is 0 Å². The van der Waals surface area contributed by atoms with Crippen LogP contribution in [0.4, 0.5) is 0 Å². The van der Waals surface area contributed by atoms with Crippen molar-refractivity contribution in [1.82, 2.24) is 19.3 Å². The lowest BCUT2D eigenvalue weighted by Gasteiger charge is -2.14. The summed E-state index contributed by atoms with van der Waals surface area (Å²) in [6.07, 6.45) is 0. The highest BCUT2D eigenvalue weighted by Crippen LogP contribution is 2.25. The maximum Gasteiger partial charge on any atom is 0.270 e. The van der Waals surface area contributed by atoms with Crippen LogP contribution in [0.5, 0.6) is 0 Å². The molecule has 1 aromatic carbocycles. The van der Waals surface area contributed by atoms with E-state index >= 15 is 0 Å². The highest BCUT2D eigenvalue weighted by atomic mass is 79.9. The van der Waals surface area contributed by atoms with Crippen molar-refractivity contribution in [3.63, 3.8) is 0 Å². The fourth-order valence-electron chi connectivity index (χ4n) is 2.26. The van der Waals surface area contributed by atoms with E-state index in [-0.39, 0.29) is 10.4 Å². The first-order chi connectivity index (χ1) is 10.0. The van der Waals surface area contributed by atoms with Gasteiger partial charge >= 0.3 is 0 Å².